The summed E-state index contributed by atoms with van der Waals surface area (Å²) in [6.45, 7) is 4.18. The van der Waals surface area contributed by atoms with Gasteiger partial charge in [-0.15, -0.1) is 0 Å². The molecule has 0 fully saturated rings. The summed E-state index contributed by atoms with van der Waals surface area (Å²) in [6.07, 6.45) is 0. The smallest absolute Gasteiger partial charge is 0.171 e. The number of hydrogen-bond donors (Lipinski definition) is 2. The molecule has 2 rings (SSSR count). The highest BCUT2D eigenvalue weighted by atomic mass is 79.9. The first-order valence-corrected chi connectivity index (χ1v) is 7.31. The molecule has 0 bridgehead atoms. The second-order valence-electron chi connectivity index (χ2n) is 5.00. The quantitative estimate of drug-likeness (QED) is 0.382. The maximum absolute atomic E-state index is 8.76. The first-order valence-electron chi connectivity index (χ1n) is 6.52. The van der Waals surface area contributed by atoms with E-state index in [0.29, 0.717) is 5.56 Å². The molecule has 3 N–H and O–H groups in total. The van der Waals surface area contributed by atoms with Crippen molar-refractivity contribution in [3.05, 3.63) is 57.6 Å². The summed E-state index contributed by atoms with van der Waals surface area (Å²) >= 11 is 3.46. The molecule has 0 aliphatic heterocycles. The highest BCUT2D eigenvalue weighted by molar-refractivity contribution is 9.10. The van der Waals surface area contributed by atoms with Crippen molar-refractivity contribution in [3.8, 4) is 0 Å². The second kappa shape index (κ2) is 6.18. The Balaban J connectivity index is 2.40. The Morgan fingerprint density at radius 2 is 1.90 bits per heavy atom. The summed E-state index contributed by atoms with van der Waals surface area (Å²) in [5, 5.41) is 11.8. The molecule has 0 heterocycles. The first kappa shape index (κ1) is 15.4. The van der Waals surface area contributed by atoms with Crippen LogP contribution in [0.1, 0.15) is 16.7 Å². The molecule has 4 nitrogen and oxygen atoms in total. The lowest BCUT2D eigenvalue weighted by Gasteiger charge is -2.22. The van der Waals surface area contributed by atoms with E-state index in [2.05, 4.69) is 58.0 Å². The predicted octanol–water partition coefficient (Wildman–Crippen LogP) is 3.93. The molecule has 0 spiro atoms. The number of benzene rings is 2. The van der Waals surface area contributed by atoms with Gasteiger partial charge in [-0.05, 0) is 59.6 Å². The summed E-state index contributed by atoms with van der Waals surface area (Å²) in [7, 11) is 2.02. The van der Waals surface area contributed by atoms with Crippen molar-refractivity contribution in [1.29, 1.82) is 0 Å². The van der Waals surface area contributed by atoms with Crippen LogP contribution in [0.4, 0.5) is 11.4 Å². The van der Waals surface area contributed by atoms with Crippen LogP contribution in [-0.4, -0.2) is 18.1 Å². The number of nitrogens with two attached hydrogens (primary N) is 1. The Morgan fingerprint density at radius 1 is 1.19 bits per heavy atom. The molecule has 0 saturated heterocycles. The fraction of sp³-hybridized carbons (Fsp3) is 0.188. The summed E-state index contributed by atoms with van der Waals surface area (Å²) < 4.78 is 0.784. The molecule has 0 unspecified atom stereocenters. The fourth-order valence-electron chi connectivity index (χ4n) is 2.30. The maximum atomic E-state index is 8.76. The van der Waals surface area contributed by atoms with Crippen LogP contribution in [0.15, 0.2) is 46.0 Å². The highest BCUT2D eigenvalue weighted by Gasteiger charge is 2.11. The molecule has 21 heavy (non-hydrogen) atoms. The predicted molar refractivity (Wildman–Crippen MR) is 90.6 cm³/mol. The number of nitrogens with zero attached hydrogens (tertiary/aromatic N) is 2. The van der Waals surface area contributed by atoms with Crippen molar-refractivity contribution in [2.45, 2.75) is 13.8 Å². The standard InChI is InChI=1S/C16H18BrN3O/c1-10-4-7-15(11(2)8-10)20(3)12-5-6-13(14(17)9-12)16(18)19-21/h4-9,21H,1-3H3,(H2,18,19). The Hall–Kier alpha value is -2.01. The zero-order valence-electron chi connectivity index (χ0n) is 12.3. The number of halogens is 1. The van der Waals surface area contributed by atoms with E-state index in [9.17, 15) is 0 Å². The van der Waals surface area contributed by atoms with E-state index >= 15 is 0 Å². The lowest BCUT2D eigenvalue weighted by molar-refractivity contribution is 0.318. The first-order chi connectivity index (χ1) is 9.93. The Labute approximate surface area is 133 Å². The molecule has 0 amide bonds. The Bertz CT molecular complexity index is 698. The molecule has 110 valence electrons. The number of oxime groups is 1. The highest BCUT2D eigenvalue weighted by Crippen LogP contribution is 2.30. The van der Waals surface area contributed by atoms with Crippen LogP contribution in [-0.2, 0) is 0 Å². The molecule has 0 aromatic heterocycles. The fourth-order valence-corrected chi connectivity index (χ4v) is 2.86. The summed E-state index contributed by atoms with van der Waals surface area (Å²) in [5.74, 6) is 0.0857. The normalized spacial score (nSPS) is 11.5. The van der Waals surface area contributed by atoms with Gasteiger partial charge < -0.3 is 15.8 Å². The van der Waals surface area contributed by atoms with Gasteiger partial charge in [-0.25, -0.2) is 0 Å². The second-order valence-corrected chi connectivity index (χ2v) is 5.85. The van der Waals surface area contributed by atoms with Gasteiger partial charge in [0.05, 0.1) is 0 Å². The maximum Gasteiger partial charge on any atom is 0.171 e. The number of anilines is 2. The van der Waals surface area contributed by atoms with Crippen LogP contribution in [0, 0.1) is 13.8 Å². The molecule has 0 aliphatic carbocycles. The van der Waals surface area contributed by atoms with Gasteiger partial charge in [0.2, 0.25) is 0 Å². The Morgan fingerprint density at radius 3 is 2.48 bits per heavy atom. The molecular weight excluding hydrogens is 330 g/mol. The van der Waals surface area contributed by atoms with Crippen molar-refractivity contribution in [1.82, 2.24) is 0 Å². The van der Waals surface area contributed by atoms with Crippen LogP contribution in [0.2, 0.25) is 0 Å². The molecule has 0 aliphatic rings. The molecule has 0 atom stereocenters. The Kier molecular flexibility index (Phi) is 4.53. The van der Waals surface area contributed by atoms with Crippen LogP contribution in [0.25, 0.3) is 0 Å². The lowest BCUT2D eigenvalue weighted by atomic mass is 10.1. The van der Waals surface area contributed by atoms with Crippen molar-refractivity contribution >= 4 is 33.1 Å². The third-order valence-corrected chi connectivity index (χ3v) is 4.09. The van der Waals surface area contributed by atoms with E-state index in [4.69, 9.17) is 10.9 Å². The third kappa shape index (κ3) is 3.19. The monoisotopic (exact) mass is 347 g/mol. The van der Waals surface area contributed by atoms with E-state index in [1.807, 2.05) is 25.2 Å². The van der Waals surface area contributed by atoms with E-state index in [1.54, 1.807) is 0 Å². The summed E-state index contributed by atoms with van der Waals surface area (Å²) in [6, 6.07) is 12.1. The average molecular weight is 348 g/mol. The third-order valence-electron chi connectivity index (χ3n) is 3.44. The van der Waals surface area contributed by atoms with Gasteiger partial charge in [-0.1, -0.05) is 22.9 Å². The average Bonchev–Trinajstić information content (AvgIpc) is 2.45. The number of rotatable bonds is 3. The van der Waals surface area contributed by atoms with E-state index < -0.39 is 0 Å². The van der Waals surface area contributed by atoms with Crippen molar-refractivity contribution in [2.75, 3.05) is 11.9 Å². The number of hydrogen-bond acceptors (Lipinski definition) is 3. The van der Waals surface area contributed by atoms with Gasteiger partial charge in [0.15, 0.2) is 5.84 Å². The zero-order chi connectivity index (χ0) is 15.6. The minimum Gasteiger partial charge on any atom is -0.409 e. The van der Waals surface area contributed by atoms with Crippen molar-refractivity contribution in [2.24, 2.45) is 10.9 Å². The van der Waals surface area contributed by atoms with Gasteiger partial charge in [0, 0.05) is 28.5 Å². The summed E-state index contributed by atoms with van der Waals surface area (Å²) in [5.41, 5.74) is 10.9. The molecule has 0 radical (unpaired) electrons. The van der Waals surface area contributed by atoms with E-state index in [1.165, 1.54) is 11.1 Å². The van der Waals surface area contributed by atoms with Gasteiger partial charge in [0.25, 0.3) is 0 Å². The van der Waals surface area contributed by atoms with Crippen LogP contribution in [0.5, 0.6) is 0 Å². The molecule has 2 aromatic rings. The van der Waals surface area contributed by atoms with Crippen LogP contribution in [0.3, 0.4) is 0 Å². The molecule has 0 saturated carbocycles. The lowest BCUT2D eigenvalue weighted by Crippen LogP contribution is -2.15. The van der Waals surface area contributed by atoms with Crippen molar-refractivity contribution < 1.29 is 5.21 Å². The summed E-state index contributed by atoms with van der Waals surface area (Å²) in [4.78, 5) is 2.11. The largest absolute Gasteiger partial charge is 0.409 e. The SMILES string of the molecule is Cc1ccc(N(C)c2ccc(/C(N)=N/O)c(Br)c2)c(C)c1. The number of aryl methyl sites for hydroxylation is 2. The zero-order valence-corrected chi connectivity index (χ0v) is 13.8. The molecule has 2 aromatic carbocycles. The van der Waals surface area contributed by atoms with Crippen LogP contribution < -0.4 is 10.6 Å². The van der Waals surface area contributed by atoms with Crippen molar-refractivity contribution in [3.63, 3.8) is 0 Å². The minimum atomic E-state index is 0.0857. The van der Waals surface area contributed by atoms with Gasteiger partial charge in [-0.3, -0.25) is 0 Å². The molecular formula is C16H18BrN3O. The van der Waals surface area contributed by atoms with Gasteiger partial charge in [0.1, 0.15) is 0 Å². The van der Waals surface area contributed by atoms with Gasteiger partial charge >= 0.3 is 0 Å². The minimum absolute atomic E-state index is 0.0857. The molecule has 5 heteroatoms. The van der Waals surface area contributed by atoms with Crippen LogP contribution >= 0.6 is 15.9 Å². The topological polar surface area (TPSA) is 61.8 Å². The number of amidine groups is 1. The van der Waals surface area contributed by atoms with E-state index in [-0.39, 0.29) is 5.84 Å². The van der Waals surface area contributed by atoms with Gasteiger partial charge in [-0.2, -0.15) is 0 Å². The van der Waals surface area contributed by atoms with E-state index in [0.717, 1.165) is 15.8 Å².